The zero-order chi connectivity index (χ0) is 21.8. The Kier molecular flexibility index (Phi) is 10.7. The second-order valence-electron chi connectivity index (χ2n) is 5.97. The van der Waals surface area contributed by atoms with Crippen molar-refractivity contribution in [2.75, 3.05) is 41.7 Å². The van der Waals surface area contributed by atoms with Crippen molar-refractivity contribution in [2.45, 2.75) is 26.4 Å². The van der Waals surface area contributed by atoms with Gasteiger partial charge in [0.15, 0.2) is 23.0 Å². The minimum Gasteiger partial charge on any atom is -0.504 e. The molecule has 0 bridgehead atoms. The fraction of sp³-hybridized carbons (Fsp3) is 0.455. The summed E-state index contributed by atoms with van der Waals surface area (Å²) in [6.07, 6.45) is -0.484. The largest absolute Gasteiger partial charge is 0.504 e. The van der Waals surface area contributed by atoms with E-state index in [0.29, 0.717) is 35.0 Å². The smallest absolute Gasteiger partial charge is 0.203 e. The molecule has 0 aliphatic rings. The second-order valence-corrected chi connectivity index (χ2v) is 5.97. The summed E-state index contributed by atoms with van der Waals surface area (Å²) in [5.41, 5.74) is 1.40. The van der Waals surface area contributed by atoms with E-state index < -0.39 is 6.10 Å². The van der Waals surface area contributed by atoms with Crippen LogP contribution in [0.1, 0.15) is 31.1 Å². The first-order valence-corrected chi connectivity index (χ1v) is 9.37. The Labute approximate surface area is 172 Å². The van der Waals surface area contributed by atoms with Crippen molar-refractivity contribution in [1.29, 1.82) is 0 Å². The zero-order valence-corrected chi connectivity index (χ0v) is 18.0. The number of phenolic OH excluding ortho intramolecular Hbond substituents is 1. The average molecular weight is 408 g/mol. The first kappa shape index (κ1) is 24.4. The van der Waals surface area contributed by atoms with Crippen molar-refractivity contribution in [3.63, 3.8) is 0 Å². The minimum absolute atomic E-state index is 0.0343. The quantitative estimate of drug-likeness (QED) is 0.653. The van der Waals surface area contributed by atoms with Gasteiger partial charge in [0.05, 0.1) is 34.5 Å². The fourth-order valence-electron chi connectivity index (χ4n) is 2.70. The van der Waals surface area contributed by atoms with Gasteiger partial charge in [0.25, 0.3) is 0 Å². The molecule has 2 rings (SSSR count). The lowest BCUT2D eigenvalue weighted by atomic mass is 10.00. The molecule has 0 amide bonds. The molecule has 29 heavy (non-hydrogen) atoms. The van der Waals surface area contributed by atoms with E-state index in [9.17, 15) is 10.2 Å². The Balaban J connectivity index is 0.000000749. The summed E-state index contributed by atoms with van der Waals surface area (Å²) in [6, 6.07) is 8.43. The van der Waals surface area contributed by atoms with E-state index >= 15 is 0 Å². The van der Waals surface area contributed by atoms with Crippen LogP contribution < -0.4 is 18.9 Å². The van der Waals surface area contributed by atoms with Crippen LogP contribution >= 0.6 is 0 Å². The van der Waals surface area contributed by atoms with Crippen LogP contribution in [0.25, 0.3) is 0 Å². The second kappa shape index (κ2) is 12.7. The van der Waals surface area contributed by atoms with E-state index in [4.69, 9.17) is 23.7 Å². The topological polar surface area (TPSA) is 86.6 Å². The van der Waals surface area contributed by atoms with E-state index in [0.717, 1.165) is 18.8 Å². The molecule has 0 aliphatic carbocycles. The highest BCUT2D eigenvalue weighted by Gasteiger charge is 2.18. The Morgan fingerprint density at radius 3 is 1.72 bits per heavy atom. The third kappa shape index (κ3) is 7.03. The number of aliphatic hydroxyl groups excluding tert-OH is 1. The molecule has 0 saturated carbocycles. The van der Waals surface area contributed by atoms with Gasteiger partial charge in [0.1, 0.15) is 0 Å². The number of hydrogen-bond donors (Lipinski definition) is 2. The summed E-state index contributed by atoms with van der Waals surface area (Å²) < 4.78 is 25.7. The molecule has 0 aromatic heterocycles. The summed E-state index contributed by atoms with van der Waals surface area (Å²) in [5.74, 6) is 1.85. The van der Waals surface area contributed by atoms with Crippen LogP contribution in [0.3, 0.4) is 0 Å². The molecule has 2 aromatic carbocycles. The SMILES string of the molecule is CCOCC.COc1ccc(C[C@@H](O)c2cc(OC)c(OC)c(OC)c2)cc1O. The summed E-state index contributed by atoms with van der Waals surface area (Å²) >= 11 is 0. The maximum atomic E-state index is 10.5. The van der Waals surface area contributed by atoms with E-state index in [1.807, 2.05) is 13.8 Å². The zero-order valence-electron chi connectivity index (χ0n) is 18.0. The number of phenols is 1. The van der Waals surface area contributed by atoms with Gasteiger partial charge in [0, 0.05) is 19.6 Å². The van der Waals surface area contributed by atoms with Gasteiger partial charge in [0.2, 0.25) is 5.75 Å². The predicted octanol–water partition coefficient (Wildman–Crippen LogP) is 3.75. The standard InChI is InChI=1S/C18H22O6.C4H10O/c1-21-15-6-5-11(8-14(15)20)7-13(19)12-9-16(22-2)18(24-4)17(10-12)23-3;1-3-5-4-2/h5-6,8-10,13,19-20H,7H2,1-4H3;3-4H2,1-2H3/t13-;/m1./s1. The van der Waals surface area contributed by atoms with Crippen LogP contribution in [0, 0.1) is 0 Å². The van der Waals surface area contributed by atoms with Crippen LogP contribution in [0.4, 0.5) is 0 Å². The van der Waals surface area contributed by atoms with Crippen molar-refractivity contribution in [2.24, 2.45) is 0 Å². The molecule has 162 valence electrons. The van der Waals surface area contributed by atoms with Crippen molar-refractivity contribution in [3.05, 3.63) is 41.5 Å². The first-order valence-electron chi connectivity index (χ1n) is 9.37. The molecule has 0 unspecified atom stereocenters. The molecule has 0 aliphatic heterocycles. The van der Waals surface area contributed by atoms with Crippen molar-refractivity contribution in [1.82, 2.24) is 0 Å². The van der Waals surface area contributed by atoms with Gasteiger partial charge in [-0.05, 0) is 49.2 Å². The maximum Gasteiger partial charge on any atom is 0.203 e. The number of aliphatic hydroxyl groups is 1. The number of benzene rings is 2. The van der Waals surface area contributed by atoms with Gasteiger partial charge in [-0.3, -0.25) is 0 Å². The van der Waals surface area contributed by atoms with E-state index in [2.05, 4.69) is 0 Å². The number of aromatic hydroxyl groups is 1. The average Bonchev–Trinajstić information content (AvgIpc) is 2.73. The van der Waals surface area contributed by atoms with Gasteiger partial charge >= 0.3 is 0 Å². The number of hydrogen-bond acceptors (Lipinski definition) is 7. The highest BCUT2D eigenvalue weighted by Crippen LogP contribution is 2.40. The summed E-state index contributed by atoms with van der Waals surface area (Å²) in [6.45, 7) is 5.67. The van der Waals surface area contributed by atoms with Gasteiger partial charge < -0.3 is 33.9 Å². The third-order valence-corrected chi connectivity index (χ3v) is 4.15. The van der Waals surface area contributed by atoms with Crippen molar-refractivity contribution in [3.8, 4) is 28.7 Å². The molecule has 0 spiro atoms. The van der Waals surface area contributed by atoms with E-state index in [1.54, 1.807) is 30.3 Å². The van der Waals surface area contributed by atoms with Crippen LogP contribution in [-0.4, -0.2) is 51.9 Å². The Morgan fingerprint density at radius 1 is 0.793 bits per heavy atom. The molecule has 2 N–H and O–H groups in total. The minimum atomic E-state index is -0.800. The van der Waals surface area contributed by atoms with Crippen LogP contribution in [0.5, 0.6) is 28.7 Å². The van der Waals surface area contributed by atoms with Gasteiger partial charge in [-0.2, -0.15) is 0 Å². The summed E-state index contributed by atoms with van der Waals surface area (Å²) in [7, 11) is 6.06. The molecule has 7 heteroatoms. The van der Waals surface area contributed by atoms with E-state index in [-0.39, 0.29) is 5.75 Å². The number of methoxy groups -OCH3 is 4. The molecule has 0 fully saturated rings. The summed E-state index contributed by atoms with van der Waals surface area (Å²) in [4.78, 5) is 0. The first-order chi connectivity index (χ1) is 13.9. The Morgan fingerprint density at radius 2 is 1.34 bits per heavy atom. The van der Waals surface area contributed by atoms with Gasteiger partial charge in [-0.25, -0.2) is 0 Å². The lowest BCUT2D eigenvalue weighted by molar-refractivity contribution is 0.162. The summed E-state index contributed by atoms with van der Waals surface area (Å²) in [5, 5.41) is 20.4. The maximum absolute atomic E-state index is 10.5. The fourth-order valence-corrected chi connectivity index (χ4v) is 2.70. The highest BCUT2D eigenvalue weighted by molar-refractivity contribution is 5.54. The van der Waals surface area contributed by atoms with Crippen molar-refractivity contribution < 1.29 is 33.9 Å². The number of rotatable bonds is 9. The molecule has 1 atom stereocenters. The van der Waals surface area contributed by atoms with Crippen LogP contribution in [-0.2, 0) is 11.2 Å². The number of ether oxygens (including phenoxy) is 5. The Bertz CT molecular complexity index is 719. The molecular formula is C22H32O7. The monoisotopic (exact) mass is 408 g/mol. The van der Waals surface area contributed by atoms with E-state index in [1.165, 1.54) is 28.4 Å². The molecule has 7 nitrogen and oxygen atoms in total. The molecule has 0 saturated heterocycles. The molecular weight excluding hydrogens is 376 g/mol. The van der Waals surface area contributed by atoms with Crippen LogP contribution in [0.15, 0.2) is 30.3 Å². The third-order valence-electron chi connectivity index (χ3n) is 4.15. The molecule has 2 aromatic rings. The highest BCUT2D eigenvalue weighted by atomic mass is 16.5. The van der Waals surface area contributed by atoms with Gasteiger partial charge in [-0.1, -0.05) is 6.07 Å². The normalized spacial score (nSPS) is 11.1. The molecule has 0 heterocycles. The Hall–Kier alpha value is -2.64. The van der Waals surface area contributed by atoms with Gasteiger partial charge in [-0.15, -0.1) is 0 Å². The van der Waals surface area contributed by atoms with Crippen LogP contribution in [0.2, 0.25) is 0 Å². The predicted molar refractivity (Wildman–Crippen MR) is 112 cm³/mol. The lowest BCUT2D eigenvalue weighted by Gasteiger charge is -2.17. The van der Waals surface area contributed by atoms with Crippen molar-refractivity contribution >= 4 is 0 Å². The lowest BCUT2D eigenvalue weighted by Crippen LogP contribution is -2.04. The molecule has 0 radical (unpaired) electrons.